The zero-order valence-electron chi connectivity index (χ0n) is 11.5. The van der Waals surface area contributed by atoms with Gasteiger partial charge in [0.25, 0.3) is 0 Å². The van der Waals surface area contributed by atoms with Crippen LogP contribution in [0, 0.1) is 5.41 Å². The maximum atomic E-state index is 6.20. The Morgan fingerprint density at radius 2 is 2.16 bits per heavy atom. The van der Waals surface area contributed by atoms with Crippen molar-refractivity contribution in [1.82, 2.24) is 5.32 Å². The van der Waals surface area contributed by atoms with E-state index >= 15 is 0 Å². The highest BCUT2D eigenvalue weighted by molar-refractivity contribution is 6.30. The lowest BCUT2D eigenvalue weighted by molar-refractivity contribution is 0.364. The van der Waals surface area contributed by atoms with Gasteiger partial charge in [-0.05, 0) is 42.3 Å². The van der Waals surface area contributed by atoms with Gasteiger partial charge in [-0.15, -0.1) is 0 Å². The first-order valence-corrected chi connectivity index (χ1v) is 7.32. The van der Waals surface area contributed by atoms with Gasteiger partial charge >= 0.3 is 0 Å². The molecule has 1 unspecified atom stereocenters. The minimum atomic E-state index is 0.472. The standard InChI is InChI=1S/C16H20ClNO/c1-16(2)8-7-11(9-16)18-10-13-12-5-3-4-6-14(12)19-15(13)17/h3-6,11,18H,7-10H2,1-2H3. The molecule has 1 atom stereocenters. The second-order valence-electron chi connectivity index (χ2n) is 6.34. The molecule has 1 heterocycles. The van der Waals surface area contributed by atoms with E-state index in [1.54, 1.807) is 0 Å². The molecule has 1 saturated carbocycles. The van der Waals surface area contributed by atoms with Crippen molar-refractivity contribution in [2.24, 2.45) is 5.41 Å². The molecule has 2 nitrogen and oxygen atoms in total. The summed E-state index contributed by atoms with van der Waals surface area (Å²) in [5, 5.41) is 5.27. The van der Waals surface area contributed by atoms with Crippen molar-refractivity contribution >= 4 is 22.6 Å². The van der Waals surface area contributed by atoms with Crippen molar-refractivity contribution in [2.75, 3.05) is 0 Å². The van der Waals surface area contributed by atoms with Gasteiger partial charge in [-0.25, -0.2) is 0 Å². The molecule has 2 aromatic rings. The van der Waals surface area contributed by atoms with Crippen LogP contribution < -0.4 is 5.32 Å². The van der Waals surface area contributed by atoms with Crippen LogP contribution in [-0.2, 0) is 6.54 Å². The average molecular weight is 278 g/mol. The van der Waals surface area contributed by atoms with E-state index in [-0.39, 0.29) is 0 Å². The van der Waals surface area contributed by atoms with Crippen LogP contribution in [0.1, 0.15) is 38.7 Å². The molecule has 1 aromatic heterocycles. The minimum absolute atomic E-state index is 0.472. The lowest BCUT2D eigenvalue weighted by Crippen LogP contribution is -2.26. The van der Waals surface area contributed by atoms with Gasteiger partial charge in [-0.2, -0.15) is 0 Å². The van der Waals surface area contributed by atoms with Crippen LogP contribution in [-0.4, -0.2) is 6.04 Å². The third-order valence-electron chi connectivity index (χ3n) is 4.19. The van der Waals surface area contributed by atoms with Gasteiger partial charge in [0.2, 0.25) is 0 Å². The molecule has 1 aliphatic carbocycles. The van der Waals surface area contributed by atoms with E-state index < -0.39 is 0 Å². The van der Waals surface area contributed by atoms with Crippen LogP contribution in [0.2, 0.25) is 5.22 Å². The van der Waals surface area contributed by atoms with Gasteiger partial charge in [0, 0.05) is 23.5 Å². The summed E-state index contributed by atoms with van der Waals surface area (Å²) < 4.78 is 5.58. The number of rotatable bonds is 3. The normalized spacial score (nSPS) is 22.2. The van der Waals surface area contributed by atoms with E-state index in [0.29, 0.717) is 16.7 Å². The maximum Gasteiger partial charge on any atom is 0.199 e. The first-order chi connectivity index (χ1) is 9.05. The molecule has 0 saturated heterocycles. The lowest BCUT2D eigenvalue weighted by atomic mass is 9.92. The average Bonchev–Trinajstić information content (AvgIpc) is 2.86. The van der Waals surface area contributed by atoms with Gasteiger partial charge in [0.05, 0.1) is 0 Å². The van der Waals surface area contributed by atoms with E-state index in [9.17, 15) is 0 Å². The lowest BCUT2D eigenvalue weighted by Gasteiger charge is -2.17. The molecule has 1 fully saturated rings. The molecule has 0 spiro atoms. The summed E-state index contributed by atoms with van der Waals surface area (Å²) in [6, 6.07) is 8.62. The Morgan fingerprint density at radius 3 is 2.89 bits per heavy atom. The molecular formula is C16H20ClNO. The summed E-state index contributed by atoms with van der Waals surface area (Å²) in [6.45, 7) is 5.47. The summed E-state index contributed by atoms with van der Waals surface area (Å²) in [7, 11) is 0. The zero-order chi connectivity index (χ0) is 13.5. The molecule has 1 aliphatic rings. The highest BCUT2D eigenvalue weighted by Crippen LogP contribution is 2.37. The van der Waals surface area contributed by atoms with Gasteiger partial charge < -0.3 is 9.73 Å². The Hall–Kier alpha value is -0.990. The van der Waals surface area contributed by atoms with Crippen molar-refractivity contribution in [2.45, 2.75) is 45.7 Å². The second kappa shape index (κ2) is 4.84. The smallest absolute Gasteiger partial charge is 0.199 e. The van der Waals surface area contributed by atoms with E-state index in [1.807, 2.05) is 18.2 Å². The van der Waals surface area contributed by atoms with Crippen molar-refractivity contribution in [3.05, 3.63) is 35.0 Å². The molecule has 0 bridgehead atoms. The summed E-state index contributed by atoms with van der Waals surface area (Å²) >= 11 is 6.20. The van der Waals surface area contributed by atoms with Crippen LogP contribution in [0.4, 0.5) is 0 Å². The number of benzene rings is 1. The van der Waals surface area contributed by atoms with Crippen LogP contribution in [0.3, 0.4) is 0 Å². The van der Waals surface area contributed by atoms with Crippen LogP contribution in [0.5, 0.6) is 0 Å². The minimum Gasteiger partial charge on any atom is -0.444 e. The topological polar surface area (TPSA) is 25.2 Å². The number of para-hydroxylation sites is 1. The van der Waals surface area contributed by atoms with Gasteiger partial charge in [0.15, 0.2) is 5.22 Å². The summed E-state index contributed by atoms with van der Waals surface area (Å²) in [5.74, 6) is 0. The Bertz CT molecular complexity index is 587. The van der Waals surface area contributed by atoms with E-state index in [1.165, 1.54) is 19.3 Å². The van der Waals surface area contributed by atoms with Crippen molar-refractivity contribution in [3.63, 3.8) is 0 Å². The molecule has 1 aromatic carbocycles. The van der Waals surface area contributed by atoms with Crippen molar-refractivity contribution in [1.29, 1.82) is 0 Å². The summed E-state index contributed by atoms with van der Waals surface area (Å²) in [5.41, 5.74) is 2.43. The molecule has 19 heavy (non-hydrogen) atoms. The monoisotopic (exact) mass is 277 g/mol. The largest absolute Gasteiger partial charge is 0.444 e. The molecule has 3 heteroatoms. The second-order valence-corrected chi connectivity index (χ2v) is 6.68. The quantitative estimate of drug-likeness (QED) is 0.875. The molecular weight excluding hydrogens is 258 g/mol. The van der Waals surface area contributed by atoms with Crippen molar-refractivity contribution in [3.8, 4) is 0 Å². The van der Waals surface area contributed by atoms with Gasteiger partial charge in [-0.1, -0.05) is 32.0 Å². The van der Waals surface area contributed by atoms with Gasteiger partial charge in [0.1, 0.15) is 5.58 Å². The molecule has 0 radical (unpaired) electrons. The first kappa shape index (κ1) is 13.0. The Kier molecular flexibility index (Phi) is 3.32. The Balaban J connectivity index is 1.74. The molecule has 0 aliphatic heterocycles. The number of hydrogen-bond donors (Lipinski definition) is 1. The molecule has 0 amide bonds. The number of fused-ring (bicyclic) bond motifs is 1. The number of furan rings is 1. The molecule has 3 rings (SSSR count). The third-order valence-corrected chi connectivity index (χ3v) is 4.49. The fourth-order valence-corrected chi connectivity index (χ4v) is 3.34. The van der Waals surface area contributed by atoms with E-state index in [2.05, 4.69) is 25.2 Å². The predicted molar refractivity (Wildman–Crippen MR) is 79.5 cm³/mol. The highest BCUT2D eigenvalue weighted by Gasteiger charge is 2.30. The zero-order valence-corrected chi connectivity index (χ0v) is 12.3. The number of hydrogen-bond acceptors (Lipinski definition) is 2. The summed E-state index contributed by atoms with van der Waals surface area (Å²) in [4.78, 5) is 0. The van der Waals surface area contributed by atoms with E-state index in [4.69, 9.17) is 16.0 Å². The number of nitrogens with one attached hydrogen (secondary N) is 1. The van der Waals surface area contributed by atoms with Crippen LogP contribution in [0.25, 0.3) is 11.0 Å². The maximum absolute atomic E-state index is 6.20. The van der Waals surface area contributed by atoms with E-state index in [0.717, 1.165) is 23.1 Å². The summed E-state index contributed by atoms with van der Waals surface area (Å²) in [6.07, 6.45) is 3.78. The fourth-order valence-electron chi connectivity index (χ4n) is 3.09. The first-order valence-electron chi connectivity index (χ1n) is 6.94. The Labute approximate surface area is 119 Å². The third kappa shape index (κ3) is 2.65. The van der Waals surface area contributed by atoms with Crippen LogP contribution in [0.15, 0.2) is 28.7 Å². The number of halogens is 1. The van der Waals surface area contributed by atoms with Crippen LogP contribution >= 0.6 is 11.6 Å². The Morgan fingerprint density at radius 1 is 1.37 bits per heavy atom. The SMILES string of the molecule is CC1(C)CCC(NCc2c(Cl)oc3ccccc23)C1. The van der Waals surface area contributed by atoms with Crippen molar-refractivity contribution < 1.29 is 4.42 Å². The highest BCUT2D eigenvalue weighted by atomic mass is 35.5. The fraction of sp³-hybridized carbons (Fsp3) is 0.500. The molecule has 102 valence electrons. The predicted octanol–water partition coefficient (Wildman–Crippen LogP) is 4.75. The molecule has 1 N–H and O–H groups in total. The van der Waals surface area contributed by atoms with Gasteiger partial charge in [-0.3, -0.25) is 0 Å².